The summed E-state index contributed by atoms with van der Waals surface area (Å²) in [6, 6.07) is 13.9. The molecule has 2 aromatic carbocycles. The van der Waals surface area contributed by atoms with Gasteiger partial charge in [0.05, 0.1) is 11.0 Å². The fourth-order valence-electron chi connectivity index (χ4n) is 2.22. The molecule has 0 unspecified atom stereocenters. The zero-order chi connectivity index (χ0) is 13.4. The number of fused-ring (bicyclic) bond motifs is 1. The SMILES string of the molecule is CCc1ccc(-n2c(N)nc3cc(Cl)ccc32)cc1. The average molecular weight is 272 g/mol. The maximum Gasteiger partial charge on any atom is 0.205 e. The number of benzene rings is 2. The van der Waals surface area contributed by atoms with Crippen LogP contribution in [0.2, 0.25) is 5.02 Å². The van der Waals surface area contributed by atoms with Gasteiger partial charge >= 0.3 is 0 Å². The molecule has 96 valence electrons. The molecule has 0 amide bonds. The van der Waals surface area contributed by atoms with Crippen molar-refractivity contribution in [2.24, 2.45) is 0 Å². The van der Waals surface area contributed by atoms with Crippen LogP contribution in [0.5, 0.6) is 0 Å². The van der Waals surface area contributed by atoms with Crippen molar-refractivity contribution in [2.75, 3.05) is 5.73 Å². The first kappa shape index (κ1) is 12.1. The molecule has 0 aliphatic carbocycles. The standard InChI is InChI=1S/C15H14ClN3/c1-2-10-3-6-12(7-4-10)19-14-8-5-11(16)9-13(14)18-15(19)17/h3-9H,2H2,1H3,(H2,17,18). The summed E-state index contributed by atoms with van der Waals surface area (Å²) in [5, 5.41) is 0.665. The summed E-state index contributed by atoms with van der Waals surface area (Å²) in [6.07, 6.45) is 1.02. The Morgan fingerprint density at radius 2 is 1.89 bits per heavy atom. The van der Waals surface area contributed by atoms with Crippen LogP contribution in [0.4, 0.5) is 5.95 Å². The minimum atomic E-state index is 0.474. The molecule has 0 fully saturated rings. The number of hydrogen-bond donors (Lipinski definition) is 1. The summed E-state index contributed by atoms with van der Waals surface area (Å²) in [6.45, 7) is 2.14. The molecule has 0 spiro atoms. The average Bonchev–Trinajstić information content (AvgIpc) is 2.74. The van der Waals surface area contributed by atoms with E-state index in [0.29, 0.717) is 11.0 Å². The predicted octanol–water partition coefficient (Wildman–Crippen LogP) is 3.82. The smallest absolute Gasteiger partial charge is 0.205 e. The number of anilines is 1. The number of nitrogen functional groups attached to an aromatic ring is 1. The minimum Gasteiger partial charge on any atom is -0.369 e. The quantitative estimate of drug-likeness (QED) is 0.770. The lowest BCUT2D eigenvalue weighted by Gasteiger charge is -2.07. The van der Waals surface area contributed by atoms with E-state index in [1.165, 1.54) is 5.56 Å². The molecule has 1 aromatic heterocycles. The van der Waals surface area contributed by atoms with Gasteiger partial charge in [0.2, 0.25) is 5.95 Å². The van der Waals surface area contributed by atoms with Crippen LogP contribution < -0.4 is 5.73 Å². The van der Waals surface area contributed by atoms with Crippen molar-refractivity contribution in [2.45, 2.75) is 13.3 Å². The summed E-state index contributed by atoms with van der Waals surface area (Å²) >= 11 is 5.98. The largest absolute Gasteiger partial charge is 0.369 e. The van der Waals surface area contributed by atoms with Gasteiger partial charge in [-0.1, -0.05) is 30.7 Å². The predicted molar refractivity (Wildman–Crippen MR) is 79.9 cm³/mol. The molecule has 2 N–H and O–H groups in total. The maximum absolute atomic E-state index is 6.01. The number of hydrogen-bond acceptors (Lipinski definition) is 2. The minimum absolute atomic E-state index is 0.474. The van der Waals surface area contributed by atoms with Crippen molar-refractivity contribution in [1.82, 2.24) is 9.55 Å². The molecule has 3 rings (SSSR count). The van der Waals surface area contributed by atoms with E-state index in [1.54, 1.807) is 0 Å². The second-order valence-corrected chi connectivity index (χ2v) is 4.89. The summed E-state index contributed by atoms with van der Waals surface area (Å²) in [5.41, 5.74) is 10.1. The molecule has 0 atom stereocenters. The van der Waals surface area contributed by atoms with Crippen molar-refractivity contribution in [3.8, 4) is 5.69 Å². The Balaban J connectivity index is 2.20. The lowest BCUT2D eigenvalue weighted by molar-refractivity contribution is 1.09. The molecule has 4 heteroatoms. The molecule has 0 saturated carbocycles. The van der Waals surface area contributed by atoms with E-state index >= 15 is 0 Å². The lowest BCUT2D eigenvalue weighted by Crippen LogP contribution is -2.00. The molecule has 0 aliphatic rings. The zero-order valence-corrected chi connectivity index (χ0v) is 11.4. The van der Waals surface area contributed by atoms with Gasteiger partial charge in [0.1, 0.15) is 0 Å². The van der Waals surface area contributed by atoms with Crippen LogP contribution in [0.1, 0.15) is 12.5 Å². The highest BCUT2D eigenvalue weighted by Crippen LogP contribution is 2.25. The summed E-state index contributed by atoms with van der Waals surface area (Å²) < 4.78 is 1.94. The molecule has 1 heterocycles. The van der Waals surface area contributed by atoms with Crippen molar-refractivity contribution in [3.63, 3.8) is 0 Å². The van der Waals surface area contributed by atoms with Crippen molar-refractivity contribution < 1.29 is 0 Å². The van der Waals surface area contributed by atoms with Crippen LogP contribution in [0.15, 0.2) is 42.5 Å². The molecule has 0 radical (unpaired) electrons. The number of rotatable bonds is 2. The van der Waals surface area contributed by atoms with E-state index in [1.807, 2.05) is 22.8 Å². The van der Waals surface area contributed by atoms with Gasteiger partial charge in [0, 0.05) is 10.7 Å². The van der Waals surface area contributed by atoms with Crippen molar-refractivity contribution in [3.05, 3.63) is 53.1 Å². The third-order valence-electron chi connectivity index (χ3n) is 3.25. The molecule has 0 saturated heterocycles. The van der Waals surface area contributed by atoms with Crippen molar-refractivity contribution in [1.29, 1.82) is 0 Å². The molecule has 0 aliphatic heterocycles. The monoisotopic (exact) mass is 271 g/mol. The highest BCUT2D eigenvalue weighted by Gasteiger charge is 2.10. The van der Waals surface area contributed by atoms with Gasteiger partial charge in [-0.05, 0) is 42.3 Å². The molecule has 3 aromatic rings. The van der Waals surface area contributed by atoms with Crippen LogP contribution in [-0.4, -0.2) is 9.55 Å². The first-order valence-corrected chi connectivity index (χ1v) is 6.59. The van der Waals surface area contributed by atoms with E-state index in [0.717, 1.165) is 23.1 Å². The fourth-order valence-corrected chi connectivity index (χ4v) is 2.39. The van der Waals surface area contributed by atoms with Crippen LogP contribution in [0.3, 0.4) is 0 Å². The normalized spacial score (nSPS) is 11.1. The Labute approximate surface area is 116 Å². The Kier molecular flexibility index (Phi) is 2.91. The molecular weight excluding hydrogens is 258 g/mol. The van der Waals surface area contributed by atoms with E-state index < -0.39 is 0 Å². The van der Waals surface area contributed by atoms with Gasteiger partial charge in [0.15, 0.2) is 0 Å². The second kappa shape index (κ2) is 4.59. The van der Waals surface area contributed by atoms with Crippen LogP contribution in [-0.2, 0) is 6.42 Å². The van der Waals surface area contributed by atoms with Gasteiger partial charge in [0.25, 0.3) is 0 Å². The third-order valence-corrected chi connectivity index (χ3v) is 3.48. The molecular formula is C15H14ClN3. The van der Waals surface area contributed by atoms with E-state index in [9.17, 15) is 0 Å². The maximum atomic E-state index is 6.01. The molecule has 3 nitrogen and oxygen atoms in total. The number of nitrogens with zero attached hydrogens (tertiary/aromatic N) is 2. The van der Waals surface area contributed by atoms with Gasteiger partial charge in [-0.15, -0.1) is 0 Å². The summed E-state index contributed by atoms with van der Waals surface area (Å²) in [5.74, 6) is 0.474. The topological polar surface area (TPSA) is 43.8 Å². The number of nitrogens with two attached hydrogens (primary N) is 1. The molecule has 0 bridgehead atoms. The first-order valence-electron chi connectivity index (χ1n) is 6.22. The lowest BCUT2D eigenvalue weighted by atomic mass is 10.1. The number of halogens is 1. The Hall–Kier alpha value is -2.00. The summed E-state index contributed by atoms with van der Waals surface area (Å²) in [7, 11) is 0. The van der Waals surface area contributed by atoms with Crippen LogP contribution in [0.25, 0.3) is 16.7 Å². The number of aromatic nitrogens is 2. The second-order valence-electron chi connectivity index (χ2n) is 4.46. The third kappa shape index (κ3) is 2.06. The van der Waals surface area contributed by atoms with Gasteiger partial charge in [-0.3, -0.25) is 4.57 Å². The molecule has 19 heavy (non-hydrogen) atoms. The van der Waals surface area contributed by atoms with E-state index in [-0.39, 0.29) is 0 Å². The number of imidazole rings is 1. The van der Waals surface area contributed by atoms with E-state index in [4.69, 9.17) is 17.3 Å². The number of aryl methyl sites for hydroxylation is 1. The Morgan fingerprint density at radius 3 is 2.58 bits per heavy atom. The van der Waals surface area contributed by atoms with Crippen LogP contribution >= 0.6 is 11.6 Å². The Morgan fingerprint density at radius 1 is 1.16 bits per heavy atom. The first-order chi connectivity index (χ1) is 9.19. The van der Waals surface area contributed by atoms with Crippen LogP contribution in [0, 0.1) is 0 Å². The van der Waals surface area contributed by atoms with Crippen molar-refractivity contribution >= 4 is 28.6 Å². The van der Waals surface area contributed by atoms with Gasteiger partial charge in [-0.25, -0.2) is 4.98 Å². The van der Waals surface area contributed by atoms with E-state index in [2.05, 4.69) is 36.2 Å². The Bertz CT molecular complexity index is 729. The summed E-state index contributed by atoms with van der Waals surface area (Å²) in [4.78, 5) is 4.35. The highest BCUT2D eigenvalue weighted by molar-refractivity contribution is 6.31. The fraction of sp³-hybridized carbons (Fsp3) is 0.133. The zero-order valence-electron chi connectivity index (χ0n) is 10.6. The van der Waals surface area contributed by atoms with Gasteiger partial charge < -0.3 is 5.73 Å². The van der Waals surface area contributed by atoms with Gasteiger partial charge in [-0.2, -0.15) is 0 Å². The highest BCUT2D eigenvalue weighted by atomic mass is 35.5.